The van der Waals surface area contributed by atoms with E-state index < -0.39 is 0 Å². The van der Waals surface area contributed by atoms with E-state index in [4.69, 9.17) is 9.26 Å². The van der Waals surface area contributed by atoms with E-state index in [0.717, 1.165) is 29.1 Å². The summed E-state index contributed by atoms with van der Waals surface area (Å²) in [5, 5.41) is 3.74. The molecule has 0 radical (unpaired) electrons. The molecule has 0 N–H and O–H groups in total. The van der Waals surface area contributed by atoms with Crippen LogP contribution in [0, 0.1) is 13.8 Å². The molecule has 7 heteroatoms. The molecule has 2 aromatic heterocycles. The van der Waals surface area contributed by atoms with E-state index in [1.807, 2.05) is 24.0 Å². The molecular formula is C15H19N3O3S. The molecule has 0 bridgehead atoms. The minimum atomic E-state index is 0.0194. The molecule has 1 aliphatic rings. The molecule has 1 saturated heterocycles. The van der Waals surface area contributed by atoms with Crippen molar-refractivity contribution in [3.8, 4) is 0 Å². The number of likely N-dealkylation sites (tertiary alicyclic amines) is 1. The van der Waals surface area contributed by atoms with Gasteiger partial charge in [0, 0.05) is 18.0 Å². The lowest BCUT2D eigenvalue weighted by atomic mass is 10.1. The maximum absolute atomic E-state index is 12.5. The molecule has 0 saturated carbocycles. The lowest BCUT2D eigenvalue weighted by Gasteiger charge is -2.32. The minimum Gasteiger partial charge on any atom is -0.367 e. The highest BCUT2D eigenvalue weighted by atomic mass is 32.1. The smallest absolute Gasteiger partial charge is 0.264 e. The number of amides is 1. The number of piperidine rings is 1. The van der Waals surface area contributed by atoms with Gasteiger partial charge in [0.05, 0.1) is 11.0 Å². The standard InChI is InChI=1S/C15H19N3O3S/c1-10-5-6-13(22-10)15(19)18-7-3-4-12(8-18)20-9-14-16-11(2)17-21-14/h5-6,12H,3-4,7-9H2,1-2H3. The van der Waals surface area contributed by atoms with Crippen LogP contribution in [0.25, 0.3) is 0 Å². The number of aryl methyl sites for hydroxylation is 2. The Morgan fingerprint density at radius 1 is 1.50 bits per heavy atom. The van der Waals surface area contributed by atoms with Gasteiger partial charge in [-0.15, -0.1) is 11.3 Å². The summed E-state index contributed by atoms with van der Waals surface area (Å²) >= 11 is 1.54. The fourth-order valence-electron chi connectivity index (χ4n) is 2.55. The van der Waals surface area contributed by atoms with E-state index in [-0.39, 0.29) is 12.0 Å². The van der Waals surface area contributed by atoms with E-state index in [1.165, 1.54) is 11.3 Å². The van der Waals surface area contributed by atoms with Crippen LogP contribution in [0.15, 0.2) is 16.7 Å². The number of ether oxygens (including phenoxy) is 1. The van der Waals surface area contributed by atoms with Crippen LogP contribution in [0.4, 0.5) is 0 Å². The van der Waals surface area contributed by atoms with Crippen molar-refractivity contribution >= 4 is 17.2 Å². The van der Waals surface area contributed by atoms with Crippen LogP contribution >= 0.6 is 11.3 Å². The Kier molecular flexibility index (Phi) is 4.54. The lowest BCUT2D eigenvalue weighted by molar-refractivity contribution is -0.0152. The van der Waals surface area contributed by atoms with E-state index in [1.54, 1.807) is 6.92 Å². The monoisotopic (exact) mass is 321 g/mol. The molecule has 1 atom stereocenters. The largest absolute Gasteiger partial charge is 0.367 e. The second-order valence-corrected chi connectivity index (χ2v) is 6.76. The Labute approximate surface area is 133 Å². The van der Waals surface area contributed by atoms with Gasteiger partial charge in [-0.1, -0.05) is 5.16 Å². The molecule has 1 unspecified atom stereocenters. The number of carbonyl (C=O) groups excluding carboxylic acids is 1. The van der Waals surface area contributed by atoms with Crippen molar-refractivity contribution in [2.45, 2.75) is 39.4 Å². The summed E-state index contributed by atoms with van der Waals surface area (Å²) in [4.78, 5) is 20.4. The average molecular weight is 321 g/mol. The van der Waals surface area contributed by atoms with Crippen molar-refractivity contribution in [1.82, 2.24) is 15.0 Å². The van der Waals surface area contributed by atoms with Crippen LogP contribution in [-0.2, 0) is 11.3 Å². The van der Waals surface area contributed by atoms with Gasteiger partial charge in [0.2, 0.25) is 0 Å². The molecular weight excluding hydrogens is 302 g/mol. The summed E-state index contributed by atoms with van der Waals surface area (Å²) in [5.74, 6) is 1.18. The Bertz CT molecular complexity index is 652. The van der Waals surface area contributed by atoms with Crippen molar-refractivity contribution in [2.24, 2.45) is 0 Å². The third kappa shape index (κ3) is 3.53. The van der Waals surface area contributed by atoms with Gasteiger partial charge in [-0.2, -0.15) is 4.98 Å². The molecule has 3 rings (SSSR count). The summed E-state index contributed by atoms with van der Waals surface area (Å²) in [6, 6.07) is 3.88. The van der Waals surface area contributed by atoms with Crippen LogP contribution in [-0.4, -0.2) is 40.1 Å². The molecule has 3 heterocycles. The first-order valence-corrected chi connectivity index (χ1v) is 8.20. The summed E-state index contributed by atoms with van der Waals surface area (Å²) < 4.78 is 10.9. The predicted molar refractivity (Wildman–Crippen MR) is 81.8 cm³/mol. The van der Waals surface area contributed by atoms with Crippen LogP contribution in [0.5, 0.6) is 0 Å². The van der Waals surface area contributed by atoms with E-state index in [9.17, 15) is 4.79 Å². The van der Waals surface area contributed by atoms with Crippen molar-refractivity contribution < 1.29 is 14.1 Å². The molecule has 22 heavy (non-hydrogen) atoms. The summed E-state index contributed by atoms with van der Waals surface area (Å²) in [7, 11) is 0. The fraction of sp³-hybridized carbons (Fsp3) is 0.533. The number of thiophene rings is 1. The van der Waals surface area contributed by atoms with Gasteiger partial charge in [-0.3, -0.25) is 4.79 Å². The van der Waals surface area contributed by atoms with Gasteiger partial charge < -0.3 is 14.2 Å². The van der Waals surface area contributed by atoms with Gasteiger partial charge in [-0.05, 0) is 38.8 Å². The Hall–Kier alpha value is -1.73. The van der Waals surface area contributed by atoms with Gasteiger partial charge in [0.1, 0.15) is 6.61 Å². The number of aromatic nitrogens is 2. The maximum Gasteiger partial charge on any atom is 0.264 e. The highest BCUT2D eigenvalue weighted by Crippen LogP contribution is 2.21. The second kappa shape index (κ2) is 6.58. The van der Waals surface area contributed by atoms with Gasteiger partial charge >= 0.3 is 0 Å². The number of rotatable bonds is 4. The highest BCUT2D eigenvalue weighted by Gasteiger charge is 2.26. The van der Waals surface area contributed by atoms with E-state index in [2.05, 4.69) is 10.1 Å². The average Bonchev–Trinajstić information content (AvgIpc) is 3.13. The zero-order valence-corrected chi connectivity index (χ0v) is 13.6. The minimum absolute atomic E-state index is 0.0194. The van der Waals surface area contributed by atoms with Crippen LogP contribution in [0.3, 0.4) is 0 Å². The normalized spacial score (nSPS) is 18.6. The lowest BCUT2D eigenvalue weighted by Crippen LogP contribution is -2.43. The second-order valence-electron chi connectivity index (χ2n) is 5.47. The molecule has 1 fully saturated rings. The molecule has 118 valence electrons. The summed E-state index contributed by atoms with van der Waals surface area (Å²) in [6.07, 6.45) is 1.91. The van der Waals surface area contributed by atoms with E-state index >= 15 is 0 Å². The number of hydrogen-bond donors (Lipinski definition) is 0. The maximum atomic E-state index is 12.5. The van der Waals surface area contributed by atoms with Crippen LogP contribution < -0.4 is 0 Å². The van der Waals surface area contributed by atoms with E-state index in [0.29, 0.717) is 24.9 Å². The van der Waals surface area contributed by atoms with Crippen LogP contribution in [0.2, 0.25) is 0 Å². The van der Waals surface area contributed by atoms with Crippen molar-refractivity contribution in [1.29, 1.82) is 0 Å². The predicted octanol–water partition coefficient (Wildman–Crippen LogP) is 2.57. The number of hydrogen-bond acceptors (Lipinski definition) is 6. The van der Waals surface area contributed by atoms with Gasteiger partial charge in [0.15, 0.2) is 5.82 Å². The first-order chi connectivity index (χ1) is 10.6. The third-order valence-electron chi connectivity index (χ3n) is 3.63. The van der Waals surface area contributed by atoms with Gasteiger partial charge in [-0.25, -0.2) is 0 Å². The molecule has 1 amide bonds. The third-order valence-corrected chi connectivity index (χ3v) is 4.62. The zero-order chi connectivity index (χ0) is 15.5. The summed E-state index contributed by atoms with van der Waals surface area (Å²) in [6.45, 7) is 5.48. The first kappa shape index (κ1) is 15.2. The van der Waals surface area contributed by atoms with Gasteiger partial charge in [0.25, 0.3) is 11.8 Å². The highest BCUT2D eigenvalue weighted by molar-refractivity contribution is 7.13. The molecule has 6 nitrogen and oxygen atoms in total. The van der Waals surface area contributed by atoms with Crippen molar-refractivity contribution in [3.05, 3.63) is 33.6 Å². The summed E-state index contributed by atoms with van der Waals surface area (Å²) in [5.41, 5.74) is 0. The van der Waals surface area contributed by atoms with Crippen LogP contribution in [0.1, 0.15) is 39.1 Å². The Morgan fingerprint density at radius 3 is 3.05 bits per heavy atom. The molecule has 0 aromatic carbocycles. The zero-order valence-electron chi connectivity index (χ0n) is 12.7. The molecule has 0 spiro atoms. The molecule has 1 aliphatic heterocycles. The topological polar surface area (TPSA) is 68.5 Å². The van der Waals surface area contributed by atoms with Crippen molar-refractivity contribution in [2.75, 3.05) is 13.1 Å². The Balaban J connectivity index is 1.56. The first-order valence-electron chi connectivity index (χ1n) is 7.38. The number of carbonyl (C=O) groups is 1. The van der Waals surface area contributed by atoms with Crippen molar-refractivity contribution in [3.63, 3.8) is 0 Å². The fourth-order valence-corrected chi connectivity index (χ4v) is 3.39. The quantitative estimate of drug-likeness (QED) is 0.865. The number of nitrogens with zero attached hydrogens (tertiary/aromatic N) is 3. The molecule has 0 aliphatic carbocycles. The Morgan fingerprint density at radius 2 is 2.36 bits per heavy atom. The molecule has 2 aromatic rings. The SMILES string of the molecule is Cc1noc(COC2CCCN(C(=O)c3ccc(C)s3)C2)n1.